The summed E-state index contributed by atoms with van der Waals surface area (Å²) in [5.74, 6) is -0.354. The molecule has 1 unspecified atom stereocenters. The van der Waals surface area contributed by atoms with Crippen LogP contribution in [-0.4, -0.2) is 7.05 Å². The van der Waals surface area contributed by atoms with Crippen LogP contribution in [-0.2, 0) is 6.42 Å². The zero-order valence-electron chi connectivity index (χ0n) is 11.4. The third-order valence-electron chi connectivity index (χ3n) is 3.27. The van der Waals surface area contributed by atoms with Crippen LogP contribution in [0, 0.1) is 12.7 Å². The summed E-state index contributed by atoms with van der Waals surface area (Å²) < 4.78 is 14.0. The van der Waals surface area contributed by atoms with Crippen LogP contribution in [0.3, 0.4) is 0 Å². The second kappa shape index (κ2) is 6.57. The molecule has 0 amide bonds. The Bertz CT molecular complexity index is 593. The van der Waals surface area contributed by atoms with E-state index >= 15 is 0 Å². The molecule has 1 atom stereocenters. The van der Waals surface area contributed by atoms with Gasteiger partial charge in [0.15, 0.2) is 0 Å². The van der Waals surface area contributed by atoms with Gasteiger partial charge in [-0.2, -0.15) is 0 Å². The van der Waals surface area contributed by atoms with Crippen molar-refractivity contribution in [3.63, 3.8) is 0 Å². The zero-order chi connectivity index (χ0) is 14.7. The molecule has 0 bridgehead atoms. The molecule has 0 saturated carbocycles. The van der Waals surface area contributed by atoms with E-state index in [1.54, 1.807) is 18.2 Å². The van der Waals surface area contributed by atoms with Gasteiger partial charge in [0, 0.05) is 11.1 Å². The minimum Gasteiger partial charge on any atom is -0.313 e. The molecule has 0 spiro atoms. The predicted molar refractivity (Wildman–Crippen MR) is 83.1 cm³/mol. The molecule has 20 heavy (non-hydrogen) atoms. The highest BCUT2D eigenvalue weighted by Crippen LogP contribution is 2.26. The second-order valence-corrected chi connectivity index (χ2v) is 5.66. The van der Waals surface area contributed by atoms with Crippen LogP contribution in [0.2, 0.25) is 10.0 Å². The summed E-state index contributed by atoms with van der Waals surface area (Å²) in [6, 6.07) is 10.9. The molecule has 0 fully saturated rings. The number of halogens is 3. The molecule has 1 N–H and O–H groups in total. The summed E-state index contributed by atoms with van der Waals surface area (Å²) in [6.45, 7) is 1.99. The predicted octanol–water partition coefficient (Wildman–Crippen LogP) is 4.94. The Hall–Kier alpha value is -1.09. The van der Waals surface area contributed by atoms with Gasteiger partial charge >= 0.3 is 0 Å². The van der Waals surface area contributed by atoms with E-state index in [2.05, 4.69) is 11.4 Å². The third kappa shape index (κ3) is 3.51. The number of aryl methyl sites for hydroxylation is 1. The normalized spacial score (nSPS) is 12.4. The molecule has 0 aromatic heterocycles. The van der Waals surface area contributed by atoms with E-state index < -0.39 is 0 Å². The van der Waals surface area contributed by atoms with Gasteiger partial charge in [-0.15, -0.1) is 0 Å². The lowest BCUT2D eigenvalue weighted by atomic mass is 9.97. The zero-order valence-corrected chi connectivity index (χ0v) is 12.9. The minimum absolute atomic E-state index is 0.0135. The molecular weight excluding hydrogens is 296 g/mol. The SMILES string of the molecule is CNC(Cc1cccc(Cl)c1F)c1cc(C)cc(Cl)c1. The van der Waals surface area contributed by atoms with Crippen LogP contribution >= 0.6 is 23.2 Å². The maximum absolute atomic E-state index is 14.0. The molecule has 106 valence electrons. The lowest BCUT2D eigenvalue weighted by Crippen LogP contribution is -2.19. The van der Waals surface area contributed by atoms with Gasteiger partial charge in [-0.3, -0.25) is 0 Å². The van der Waals surface area contributed by atoms with Gasteiger partial charge in [0.1, 0.15) is 5.82 Å². The number of rotatable bonds is 4. The van der Waals surface area contributed by atoms with E-state index in [4.69, 9.17) is 23.2 Å². The largest absolute Gasteiger partial charge is 0.313 e. The summed E-state index contributed by atoms with van der Waals surface area (Å²) in [7, 11) is 1.85. The van der Waals surface area contributed by atoms with Gasteiger partial charge in [0.2, 0.25) is 0 Å². The first-order valence-corrected chi connectivity index (χ1v) is 7.14. The Labute approximate surface area is 128 Å². The third-order valence-corrected chi connectivity index (χ3v) is 3.78. The molecule has 2 aromatic carbocycles. The Balaban J connectivity index is 2.31. The summed E-state index contributed by atoms with van der Waals surface area (Å²) in [5.41, 5.74) is 2.71. The van der Waals surface area contributed by atoms with Gasteiger partial charge < -0.3 is 5.32 Å². The first-order chi connectivity index (χ1) is 9.51. The fraction of sp³-hybridized carbons (Fsp3) is 0.250. The highest BCUT2D eigenvalue weighted by atomic mass is 35.5. The molecule has 0 heterocycles. The van der Waals surface area contributed by atoms with Gasteiger partial charge in [0.05, 0.1) is 5.02 Å². The van der Waals surface area contributed by atoms with Crippen molar-refractivity contribution in [1.29, 1.82) is 0 Å². The van der Waals surface area contributed by atoms with E-state index in [-0.39, 0.29) is 16.9 Å². The van der Waals surface area contributed by atoms with E-state index in [1.165, 1.54) is 0 Å². The molecule has 0 aliphatic rings. The number of hydrogen-bond donors (Lipinski definition) is 1. The maximum Gasteiger partial charge on any atom is 0.145 e. The molecule has 2 rings (SSSR count). The van der Waals surface area contributed by atoms with Crippen LogP contribution in [0.5, 0.6) is 0 Å². The highest BCUT2D eigenvalue weighted by molar-refractivity contribution is 6.31. The van der Waals surface area contributed by atoms with E-state index in [1.807, 2.05) is 26.1 Å². The molecule has 0 aliphatic heterocycles. The summed E-state index contributed by atoms with van der Waals surface area (Å²) in [6.07, 6.45) is 0.517. The van der Waals surface area contributed by atoms with Crippen LogP contribution in [0.15, 0.2) is 36.4 Å². The van der Waals surface area contributed by atoms with Crippen molar-refractivity contribution in [3.05, 3.63) is 69.0 Å². The quantitative estimate of drug-likeness (QED) is 0.843. The minimum atomic E-state index is -0.354. The van der Waals surface area contributed by atoms with E-state index in [0.29, 0.717) is 17.0 Å². The standard InChI is InChI=1S/C16H16Cl2FN/c1-10-6-12(8-13(17)7-10)15(20-2)9-11-4-3-5-14(18)16(11)19/h3-8,15,20H,9H2,1-2H3. The number of nitrogens with one attached hydrogen (secondary N) is 1. The van der Waals surface area contributed by atoms with E-state index in [9.17, 15) is 4.39 Å². The summed E-state index contributed by atoms with van der Waals surface area (Å²) in [4.78, 5) is 0. The molecule has 2 aromatic rings. The molecule has 0 aliphatic carbocycles. The average Bonchev–Trinajstić information content (AvgIpc) is 2.39. The van der Waals surface area contributed by atoms with Gasteiger partial charge in [-0.1, -0.05) is 41.4 Å². The molecule has 0 saturated heterocycles. The molecule has 4 heteroatoms. The van der Waals surface area contributed by atoms with Crippen molar-refractivity contribution in [2.24, 2.45) is 0 Å². The molecule has 1 nitrogen and oxygen atoms in total. The Morgan fingerprint density at radius 3 is 2.60 bits per heavy atom. The smallest absolute Gasteiger partial charge is 0.145 e. The van der Waals surface area contributed by atoms with Gasteiger partial charge in [-0.05, 0) is 55.3 Å². The van der Waals surface area contributed by atoms with Crippen molar-refractivity contribution < 1.29 is 4.39 Å². The molecular formula is C16H16Cl2FN. The summed E-state index contributed by atoms with van der Waals surface area (Å²) >= 11 is 11.9. The van der Waals surface area contributed by atoms with Crippen LogP contribution in [0.25, 0.3) is 0 Å². The highest BCUT2D eigenvalue weighted by Gasteiger charge is 2.15. The van der Waals surface area contributed by atoms with E-state index in [0.717, 1.165) is 11.1 Å². The van der Waals surface area contributed by atoms with Gasteiger partial charge in [-0.25, -0.2) is 4.39 Å². The van der Waals surface area contributed by atoms with Crippen molar-refractivity contribution >= 4 is 23.2 Å². The van der Waals surface area contributed by atoms with Crippen LogP contribution in [0.1, 0.15) is 22.7 Å². The lowest BCUT2D eigenvalue weighted by molar-refractivity contribution is 0.554. The average molecular weight is 312 g/mol. The lowest BCUT2D eigenvalue weighted by Gasteiger charge is -2.18. The van der Waals surface area contributed by atoms with Crippen molar-refractivity contribution in [2.45, 2.75) is 19.4 Å². The first-order valence-electron chi connectivity index (χ1n) is 6.38. The van der Waals surface area contributed by atoms with Crippen molar-refractivity contribution in [2.75, 3.05) is 7.05 Å². The van der Waals surface area contributed by atoms with Crippen LogP contribution in [0.4, 0.5) is 4.39 Å². The van der Waals surface area contributed by atoms with Crippen molar-refractivity contribution in [3.8, 4) is 0 Å². The number of hydrogen-bond acceptors (Lipinski definition) is 1. The maximum atomic E-state index is 14.0. The van der Waals surface area contributed by atoms with Gasteiger partial charge in [0.25, 0.3) is 0 Å². The topological polar surface area (TPSA) is 12.0 Å². The fourth-order valence-electron chi connectivity index (χ4n) is 2.28. The second-order valence-electron chi connectivity index (χ2n) is 4.82. The van der Waals surface area contributed by atoms with Crippen molar-refractivity contribution in [1.82, 2.24) is 5.32 Å². The van der Waals surface area contributed by atoms with Crippen LogP contribution < -0.4 is 5.32 Å². The number of benzene rings is 2. The Kier molecular flexibility index (Phi) is 5.03. The Morgan fingerprint density at radius 2 is 1.95 bits per heavy atom. The molecule has 0 radical (unpaired) electrons. The first kappa shape index (κ1) is 15.3. The number of likely N-dealkylation sites (N-methyl/N-ethyl adjacent to an activating group) is 1. The fourth-order valence-corrected chi connectivity index (χ4v) is 2.77. The monoisotopic (exact) mass is 311 g/mol. The summed E-state index contributed by atoms with van der Waals surface area (Å²) in [5, 5.41) is 4.04. The Morgan fingerprint density at radius 1 is 1.20 bits per heavy atom.